The molecular formula is C9H8FN3O. The molecule has 0 radical (unpaired) electrons. The zero-order valence-electron chi connectivity index (χ0n) is 7.47. The van der Waals surface area contributed by atoms with Crippen LogP contribution < -0.4 is 5.56 Å². The van der Waals surface area contributed by atoms with E-state index in [1.807, 2.05) is 0 Å². The molecule has 0 aromatic carbocycles. The van der Waals surface area contributed by atoms with Gasteiger partial charge < -0.3 is 0 Å². The van der Waals surface area contributed by atoms with Crippen molar-refractivity contribution < 1.29 is 4.39 Å². The van der Waals surface area contributed by atoms with Crippen molar-refractivity contribution in [2.24, 2.45) is 0 Å². The molecule has 0 spiro atoms. The molecule has 0 aliphatic rings. The summed E-state index contributed by atoms with van der Waals surface area (Å²) in [5.74, 6) is -0.444. The average Bonchev–Trinajstić information content (AvgIpc) is 2.51. The predicted molar refractivity (Wildman–Crippen MR) is 49.3 cm³/mol. The van der Waals surface area contributed by atoms with Crippen LogP contribution in [-0.4, -0.2) is 15.2 Å². The Kier molecular flexibility index (Phi) is 1.92. The standard InChI is InChI=1S/C9H8FN3O/c1-5-2-6(10)9(11-4-5)7-3-8(14)13-12-7/h2-4H,1H3,(H2,12,13,14). The molecule has 0 fully saturated rings. The Labute approximate surface area is 78.8 Å². The Bertz CT molecular complexity index is 515. The first kappa shape index (κ1) is 8.68. The molecule has 4 nitrogen and oxygen atoms in total. The van der Waals surface area contributed by atoms with Crippen molar-refractivity contribution in [2.75, 3.05) is 0 Å². The van der Waals surface area contributed by atoms with Crippen LogP contribution in [0.25, 0.3) is 11.4 Å². The second-order valence-electron chi connectivity index (χ2n) is 3.02. The molecule has 0 bridgehead atoms. The summed E-state index contributed by atoms with van der Waals surface area (Å²) in [7, 11) is 0. The van der Waals surface area contributed by atoms with E-state index in [9.17, 15) is 9.18 Å². The number of aromatic amines is 2. The summed E-state index contributed by atoms with van der Waals surface area (Å²) in [4.78, 5) is 14.7. The number of H-pyrrole nitrogens is 2. The Morgan fingerprint density at radius 3 is 2.71 bits per heavy atom. The molecule has 0 aliphatic heterocycles. The molecule has 0 saturated heterocycles. The minimum absolute atomic E-state index is 0.147. The first-order valence-electron chi connectivity index (χ1n) is 4.07. The first-order valence-corrected chi connectivity index (χ1v) is 4.07. The molecule has 5 heteroatoms. The van der Waals surface area contributed by atoms with Gasteiger partial charge in [0, 0.05) is 12.3 Å². The van der Waals surface area contributed by atoms with Crippen molar-refractivity contribution in [1.82, 2.24) is 15.2 Å². The Morgan fingerprint density at radius 1 is 1.36 bits per heavy atom. The number of aromatic nitrogens is 3. The third-order valence-electron chi connectivity index (χ3n) is 1.83. The second kappa shape index (κ2) is 3.10. The van der Waals surface area contributed by atoms with Crippen LogP contribution in [-0.2, 0) is 0 Å². The molecule has 2 N–H and O–H groups in total. The summed E-state index contributed by atoms with van der Waals surface area (Å²) in [6, 6.07) is 2.63. The minimum Gasteiger partial charge on any atom is -0.296 e. The monoisotopic (exact) mass is 193 g/mol. The zero-order chi connectivity index (χ0) is 10.1. The van der Waals surface area contributed by atoms with Gasteiger partial charge in [-0.1, -0.05) is 0 Å². The van der Waals surface area contributed by atoms with Crippen LogP contribution in [0.15, 0.2) is 23.1 Å². The fourth-order valence-corrected chi connectivity index (χ4v) is 1.19. The molecule has 0 saturated carbocycles. The van der Waals surface area contributed by atoms with Gasteiger partial charge >= 0.3 is 0 Å². The third kappa shape index (κ3) is 1.44. The molecule has 0 amide bonds. The van der Waals surface area contributed by atoms with Crippen molar-refractivity contribution in [1.29, 1.82) is 0 Å². The minimum atomic E-state index is -0.444. The van der Waals surface area contributed by atoms with Gasteiger partial charge in [0.05, 0.1) is 5.69 Å². The summed E-state index contributed by atoms with van der Waals surface area (Å²) >= 11 is 0. The number of pyridine rings is 1. The van der Waals surface area contributed by atoms with E-state index >= 15 is 0 Å². The van der Waals surface area contributed by atoms with E-state index in [1.165, 1.54) is 12.1 Å². The lowest BCUT2D eigenvalue weighted by Gasteiger charge is -1.99. The number of rotatable bonds is 1. The van der Waals surface area contributed by atoms with Crippen molar-refractivity contribution in [3.63, 3.8) is 0 Å². The highest BCUT2D eigenvalue weighted by molar-refractivity contribution is 5.53. The molecule has 2 heterocycles. The van der Waals surface area contributed by atoms with Gasteiger partial charge in [-0.05, 0) is 18.6 Å². The van der Waals surface area contributed by atoms with Crippen LogP contribution in [0.3, 0.4) is 0 Å². The largest absolute Gasteiger partial charge is 0.296 e. The quantitative estimate of drug-likeness (QED) is 0.715. The molecule has 2 rings (SSSR count). The lowest BCUT2D eigenvalue weighted by molar-refractivity contribution is 0.623. The maximum atomic E-state index is 13.3. The van der Waals surface area contributed by atoms with Gasteiger partial charge in [-0.2, -0.15) is 0 Å². The van der Waals surface area contributed by atoms with Gasteiger partial charge in [0.1, 0.15) is 5.69 Å². The number of hydrogen-bond donors (Lipinski definition) is 2. The van der Waals surface area contributed by atoms with E-state index in [0.29, 0.717) is 5.69 Å². The number of nitrogens with one attached hydrogen (secondary N) is 2. The van der Waals surface area contributed by atoms with E-state index in [-0.39, 0.29) is 11.3 Å². The van der Waals surface area contributed by atoms with Crippen LogP contribution in [0, 0.1) is 12.7 Å². The van der Waals surface area contributed by atoms with E-state index < -0.39 is 5.82 Å². The molecule has 14 heavy (non-hydrogen) atoms. The van der Waals surface area contributed by atoms with Gasteiger partial charge in [-0.25, -0.2) is 4.39 Å². The molecule has 0 unspecified atom stereocenters. The van der Waals surface area contributed by atoms with Crippen molar-refractivity contribution >= 4 is 0 Å². The number of nitrogens with zero attached hydrogens (tertiary/aromatic N) is 1. The summed E-state index contributed by atoms with van der Waals surface area (Å²) in [5.41, 5.74) is 0.937. The average molecular weight is 193 g/mol. The molecule has 0 aliphatic carbocycles. The highest BCUT2D eigenvalue weighted by atomic mass is 19.1. The summed E-state index contributed by atoms with van der Waals surface area (Å²) in [6.45, 7) is 1.75. The van der Waals surface area contributed by atoms with Crippen LogP contribution in [0.5, 0.6) is 0 Å². The molecule has 2 aromatic rings. The Hall–Kier alpha value is -1.91. The number of aryl methyl sites for hydroxylation is 1. The Balaban J connectivity index is 2.57. The predicted octanol–water partition coefficient (Wildman–Crippen LogP) is 1.21. The second-order valence-corrected chi connectivity index (χ2v) is 3.02. The molecule has 2 aromatic heterocycles. The Morgan fingerprint density at radius 2 is 2.14 bits per heavy atom. The van der Waals surface area contributed by atoms with E-state index in [2.05, 4.69) is 15.2 Å². The van der Waals surface area contributed by atoms with Crippen molar-refractivity contribution in [3.05, 3.63) is 40.1 Å². The van der Waals surface area contributed by atoms with Gasteiger partial charge in [0.25, 0.3) is 5.56 Å². The van der Waals surface area contributed by atoms with Crippen LogP contribution in [0.4, 0.5) is 4.39 Å². The van der Waals surface area contributed by atoms with E-state index in [1.54, 1.807) is 13.1 Å². The van der Waals surface area contributed by atoms with Gasteiger partial charge in [0.2, 0.25) is 0 Å². The van der Waals surface area contributed by atoms with E-state index in [0.717, 1.165) is 5.56 Å². The van der Waals surface area contributed by atoms with Gasteiger partial charge in [0.15, 0.2) is 5.82 Å². The molecule has 0 atom stereocenters. The summed E-state index contributed by atoms with van der Waals surface area (Å²) in [5, 5.41) is 4.86. The molecule has 72 valence electrons. The normalized spacial score (nSPS) is 10.4. The van der Waals surface area contributed by atoms with Crippen LogP contribution in [0.1, 0.15) is 5.56 Å². The lowest BCUT2D eigenvalue weighted by atomic mass is 10.2. The van der Waals surface area contributed by atoms with E-state index in [4.69, 9.17) is 0 Å². The van der Waals surface area contributed by atoms with Crippen molar-refractivity contribution in [3.8, 4) is 11.4 Å². The zero-order valence-corrected chi connectivity index (χ0v) is 7.47. The maximum Gasteiger partial charge on any atom is 0.264 e. The summed E-state index contributed by atoms with van der Waals surface area (Å²) < 4.78 is 13.3. The van der Waals surface area contributed by atoms with Crippen LogP contribution in [0.2, 0.25) is 0 Å². The van der Waals surface area contributed by atoms with Crippen LogP contribution >= 0.6 is 0 Å². The summed E-state index contributed by atoms with van der Waals surface area (Å²) in [6.07, 6.45) is 1.55. The highest BCUT2D eigenvalue weighted by Gasteiger charge is 2.08. The fourth-order valence-electron chi connectivity index (χ4n) is 1.19. The fraction of sp³-hybridized carbons (Fsp3) is 0.111. The highest BCUT2D eigenvalue weighted by Crippen LogP contribution is 2.16. The number of halogens is 1. The molecular weight excluding hydrogens is 185 g/mol. The maximum absolute atomic E-state index is 13.3. The topological polar surface area (TPSA) is 61.5 Å². The van der Waals surface area contributed by atoms with Crippen molar-refractivity contribution in [2.45, 2.75) is 6.92 Å². The number of hydrogen-bond acceptors (Lipinski definition) is 2. The smallest absolute Gasteiger partial charge is 0.264 e. The SMILES string of the molecule is Cc1cnc(-c2cc(=O)[nH][nH]2)c(F)c1. The lowest BCUT2D eigenvalue weighted by Crippen LogP contribution is -1.93. The van der Waals surface area contributed by atoms with Gasteiger partial charge in [-0.15, -0.1) is 0 Å². The van der Waals surface area contributed by atoms with Gasteiger partial charge in [-0.3, -0.25) is 20.0 Å². The first-order chi connectivity index (χ1) is 6.66. The third-order valence-corrected chi connectivity index (χ3v) is 1.83.